The highest BCUT2D eigenvalue weighted by Crippen LogP contribution is 2.23. The van der Waals surface area contributed by atoms with Gasteiger partial charge >= 0.3 is 11.7 Å². The van der Waals surface area contributed by atoms with Crippen LogP contribution in [0.15, 0.2) is 29.3 Å². The topological polar surface area (TPSA) is 122 Å². The summed E-state index contributed by atoms with van der Waals surface area (Å²) < 4.78 is 6.72. The molecule has 2 N–H and O–H groups in total. The Bertz CT molecular complexity index is 898. The Kier molecular flexibility index (Phi) is 2.87. The van der Waals surface area contributed by atoms with Crippen molar-refractivity contribution in [1.29, 1.82) is 0 Å². The van der Waals surface area contributed by atoms with Gasteiger partial charge in [0.25, 0.3) is 0 Å². The molecule has 0 spiro atoms. The number of aromatic nitrogens is 5. The lowest BCUT2D eigenvalue weighted by Crippen LogP contribution is -2.13. The van der Waals surface area contributed by atoms with E-state index in [9.17, 15) is 9.59 Å². The normalized spacial score (nSPS) is 10.7. The van der Waals surface area contributed by atoms with E-state index < -0.39 is 11.7 Å². The highest BCUT2D eigenvalue weighted by atomic mass is 16.5. The Hall–Kier alpha value is -3.23. The molecule has 3 heterocycles. The number of aryl methyl sites for hydroxylation is 1. The molecule has 0 fully saturated rings. The van der Waals surface area contributed by atoms with E-state index >= 15 is 0 Å². The van der Waals surface area contributed by atoms with Crippen molar-refractivity contribution in [2.24, 2.45) is 0 Å². The van der Waals surface area contributed by atoms with Gasteiger partial charge < -0.3 is 9.84 Å². The number of carbonyl (C=O) groups is 1. The minimum atomic E-state index is -1.14. The molecule has 0 aliphatic rings. The number of hydrogen-bond acceptors (Lipinski definition) is 6. The van der Waals surface area contributed by atoms with E-state index in [1.165, 1.54) is 28.9 Å². The van der Waals surface area contributed by atoms with Gasteiger partial charge in [-0.3, -0.25) is 4.98 Å². The molecular weight excluding hydrogens is 278 g/mol. The van der Waals surface area contributed by atoms with E-state index in [4.69, 9.17) is 9.84 Å². The van der Waals surface area contributed by atoms with Gasteiger partial charge in [-0.05, 0) is 13.0 Å². The fraction of sp³-hybridized carbons (Fsp3) is 0.0833. The number of nitrogens with zero attached hydrogens (tertiary/aromatic N) is 4. The van der Waals surface area contributed by atoms with Crippen LogP contribution in [0, 0.1) is 6.92 Å². The average Bonchev–Trinajstić information content (AvgIpc) is 2.81. The van der Waals surface area contributed by atoms with Gasteiger partial charge in [-0.1, -0.05) is 0 Å². The van der Waals surface area contributed by atoms with Crippen LogP contribution < -0.4 is 10.4 Å². The zero-order chi connectivity index (χ0) is 15.0. The van der Waals surface area contributed by atoms with Crippen LogP contribution in [0.2, 0.25) is 0 Å². The third-order valence-electron chi connectivity index (χ3n) is 2.78. The molecule has 9 nitrogen and oxygen atoms in total. The quantitative estimate of drug-likeness (QED) is 0.723. The first-order chi connectivity index (χ1) is 10.1. The molecule has 0 unspecified atom stereocenters. The van der Waals surface area contributed by atoms with Crippen molar-refractivity contribution in [2.75, 3.05) is 0 Å². The fourth-order valence-corrected chi connectivity index (χ4v) is 1.87. The maximum atomic E-state index is 11.5. The smallest absolute Gasteiger partial charge is 0.349 e. The van der Waals surface area contributed by atoms with Crippen LogP contribution in [0.5, 0.6) is 11.6 Å². The monoisotopic (exact) mass is 287 g/mol. The van der Waals surface area contributed by atoms with Crippen LogP contribution in [0.1, 0.15) is 16.2 Å². The van der Waals surface area contributed by atoms with Gasteiger partial charge in [0.05, 0.1) is 6.20 Å². The van der Waals surface area contributed by atoms with Gasteiger partial charge in [0.1, 0.15) is 11.4 Å². The van der Waals surface area contributed by atoms with Crippen molar-refractivity contribution >= 4 is 11.6 Å². The number of carboxylic acid groups (broad SMARTS) is 1. The van der Waals surface area contributed by atoms with Crippen LogP contribution in [0.25, 0.3) is 5.65 Å². The predicted molar refractivity (Wildman–Crippen MR) is 69.6 cm³/mol. The van der Waals surface area contributed by atoms with E-state index in [0.29, 0.717) is 11.5 Å². The lowest BCUT2D eigenvalue weighted by atomic mass is 10.2. The summed E-state index contributed by atoms with van der Waals surface area (Å²) in [4.78, 5) is 30.5. The summed E-state index contributed by atoms with van der Waals surface area (Å²) in [6.07, 6.45) is 2.63. The number of nitrogens with one attached hydrogen (secondary N) is 1. The average molecular weight is 287 g/mol. The highest BCUT2D eigenvalue weighted by Gasteiger charge is 2.14. The van der Waals surface area contributed by atoms with Gasteiger partial charge in [0, 0.05) is 12.3 Å². The molecule has 0 radical (unpaired) electrons. The molecule has 106 valence electrons. The van der Waals surface area contributed by atoms with Crippen LogP contribution >= 0.6 is 0 Å². The standard InChI is InChI=1S/C12H9N5O4/c1-6-14-10(4-9-15-16-12(20)17(6)9)21-8-5-13-3-2-7(8)11(18)19/h2-5H,1H3,(H,16,20)(H,18,19). The lowest BCUT2D eigenvalue weighted by Gasteiger charge is -2.08. The van der Waals surface area contributed by atoms with Gasteiger partial charge in [-0.15, -0.1) is 0 Å². The van der Waals surface area contributed by atoms with Crippen molar-refractivity contribution in [3.05, 3.63) is 46.4 Å². The molecule has 0 aliphatic carbocycles. The van der Waals surface area contributed by atoms with Crippen molar-refractivity contribution in [2.45, 2.75) is 6.92 Å². The SMILES string of the molecule is Cc1nc(Oc2cnccc2C(=O)O)cc2n[nH]c(=O)n12. The van der Waals surface area contributed by atoms with Crippen LogP contribution in [-0.2, 0) is 0 Å². The third kappa shape index (κ3) is 2.20. The lowest BCUT2D eigenvalue weighted by molar-refractivity contribution is 0.0694. The maximum absolute atomic E-state index is 11.5. The molecule has 3 aromatic rings. The van der Waals surface area contributed by atoms with Gasteiger partial charge in [0.2, 0.25) is 5.88 Å². The number of ether oxygens (including phenoxy) is 1. The first-order valence-corrected chi connectivity index (χ1v) is 5.86. The predicted octanol–water partition coefficient (Wildman–Crippen LogP) is 0.612. The van der Waals surface area contributed by atoms with Crippen molar-refractivity contribution in [3.8, 4) is 11.6 Å². The molecule has 0 saturated carbocycles. The molecule has 21 heavy (non-hydrogen) atoms. The van der Waals surface area contributed by atoms with Crippen molar-refractivity contribution in [1.82, 2.24) is 24.6 Å². The number of fused-ring (bicyclic) bond motifs is 1. The molecule has 3 aromatic heterocycles. The largest absolute Gasteiger partial charge is 0.478 e. The second-order valence-corrected chi connectivity index (χ2v) is 4.14. The number of hydrogen-bond donors (Lipinski definition) is 2. The summed E-state index contributed by atoms with van der Waals surface area (Å²) in [7, 11) is 0. The Morgan fingerprint density at radius 2 is 2.29 bits per heavy atom. The van der Waals surface area contributed by atoms with E-state index in [2.05, 4.69) is 20.2 Å². The van der Waals surface area contributed by atoms with Gasteiger partial charge in [0.15, 0.2) is 11.4 Å². The minimum Gasteiger partial charge on any atom is -0.478 e. The summed E-state index contributed by atoms with van der Waals surface area (Å²) >= 11 is 0. The highest BCUT2D eigenvalue weighted by molar-refractivity contribution is 5.90. The van der Waals surface area contributed by atoms with E-state index in [0.717, 1.165) is 0 Å². The first kappa shape index (κ1) is 12.8. The van der Waals surface area contributed by atoms with E-state index in [-0.39, 0.29) is 17.2 Å². The molecule has 0 amide bonds. The summed E-state index contributed by atoms with van der Waals surface area (Å²) in [5, 5.41) is 15.2. The molecule has 9 heteroatoms. The number of carboxylic acids is 1. The van der Waals surface area contributed by atoms with E-state index in [1.54, 1.807) is 6.92 Å². The van der Waals surface area contributed by atoms with Crippen LogP contribution in [0.3, 0.4) is 0 Å². The summed E-state index contributed by atoms with van der Waals surface area (Å²) in [6, 6.07) is 2.74. The number of pyridine rings is 1. The molecule has 3 rings (SSSR count). The second kappa shape index (κ2) is 4.71. The molecule has 0 aliphatic heterocycles. The summed E-state index contributed by atoms with van der Waals surface area (Å²) in [5.41, 5.74) is -0.124. The molecule has 0 saturated heterocycles. The van der Waals surface area contributed by atoms with Crippen molar-refractivity contribution in [3.63, 3.8) is 0 Å². The second-order valence-electron chi connectivity index (χ2n) is 4.14. The van der Waals surface area contributed by atoms with E-state index in [1.807, 2.05) is 0 Å². The Morgan fingerprint density at radius 3 is 3.05 bits per heavy atom. The number of rotatable bonds is 3. The summed E-state index contributed by atoms with van der Waals surface area (Å²) in [6.45, 7) is 1.61. The zero-order valence-corrected chi connectivity index (χ0v) is 10.8. The Balaban J connectivity index is 2.07. The number of aromatic carboxylic acids is 1. The molecular formula is C12H9N5O4. The molecule has 0 bridgehead atoms. The fourth-order valence-electron chi connectivity index (χ4n) is 1.87. The third-order valence-corrected chi connectivity index (χ3v) is 2.78. The first-order valence-electron chi connectivity index (χ1n) is 5.86. The van der Waals surface area contributed by atoms with Gasteiger partial charge in [-0.2, -0.15) is 10.1 Å². The van der Waals surface area contributed by atoms with Crippen molar-refractivity contribution < 1.29 is 14.6 Å². The number of aromatic amines is 1. The zero-order valence-electron chi connectivity index (χ0n) is 10.8. The minimum absolute atomic E-state index is 0.0382. The van der Waals surface area contributed by atoms with Gasteiger partial charge in [-0.25, -0.2) is 19.1 Å². The van der Waals surface area contributed by atoms with Crippen LogP contribution in [-0.4, -0.2) is 35.6 Å². The molecule has 0 aromatic carbocycles. The Labute approximate surface area is 116 Å². The summed E-state index contributed by atoms with van der Waals surface area (Å²) in [5.74, 6) is -0.600. The number of H-pyrrole nitrogens is 1. The Morgan fingerprint density at radius 1 is 1.48 bits per heavy atom. The van der Waals surface area contributed by atoms with Crippen LogP contribution in [0.4, 0.5) is 0 Å². The maximum Gasteiger partial charge on any atom is 0.349 e. The molecule has 0 atom stereocenters.